The van der Waals surface area contributed by atoms with Gasteiger partial charge in [-0.3, -0.25) is 4.79 Å². The molecule has 0 radical (unpaired) electrons. The van der Waals surface area contributed by atoms with Gasteiger partial charge in [0.25, 0.3) is 0 Å². The third-order valence-corrected chi connectivity index (χ3v) is 0.654. The van der Waals surface area contributed by atoms with Crippen LogP contribution in [0.15, 0.2) is 12.2 Å². The van der Waals surface area contributed by atoms with Gasteiger partial charge in [-0.15, -0.1) is 0 Å². The summed E-state index contributed by atoms with van der Waals surface area (Å²) in [5.41, 5.74) is -0.894. The Morgan fingerprint density at radius 3 is 2.38 bits per heavy atom. The number of hydrogen-bond acceptors (Lipinski definition) is 1. The molecule has 1 saturated carbocycles. The van der Waals surface area contributed by atoms with Crippen molar-refractivity contribution in [3.8, 4) is 0 Å². The summed E-state index contributed by atoms with van der Waals surface area (Å²) in [6.45, 7) is 3.06. The van der Waals surface area contributed by atoms with Crippen molar-refractivity contribution in [1.29, 1.82) is 0 Å². The van der Waals surface area contributed by atoms with Gasteiger partial charge in [-0.25, -0.2) is 0 Å². The molecule has 0 amide bonds. The van der Waals surface area contributed by atoms with E-state index < -0.39 is 36.8 Å². The molecule has 1 rings (SSSR count). The van der Waals surface area contributed by atoms with Crippen molar-refractivity contribution in [3.63, 3.8) is 0 Å². The van der Waals surface area contributed by atoms with Gasteiger partial charge in [0.15, 0.2) is 0 Å². The van der Waals surface area contributed by atoms with Crippen LogP contribution in [-0.4, -0.2) is 5.78 Å². The average molecular weight is 118 g/mol. The molecule has 8 heavy (non-hydrogen) atoms. The summed E-state index contributed by atoms with van der Waals surface area (Å²) in [7, 11) is 0. The summed E-state index contributed by atoms with van der Waals surface area (Å²) < 4.78 is 58.5. The first-order valence-electron chi connectivity index (χ1n) is 6.06. The SMILES string of the molecule is [2H]C1([2H])C(=C)C([2H])([2H])C([2H])([2H])C(=O)C1([2H])[2H]. The van der Waals surface area contributed by atoms with Crippen LogP contribution in [0.4, 0.5) is 0 Å². The maximum atomic E-state index is 11.5. The Morgan fingerprint density at radius 1 is 1.38 bits per heavy atom. The van der Waals surface area contributed by atoms with Crippen molar-refractivity contribution >= 4 is 5.78 Å². The van der Waals surface area contributed by atoms with Gasteiger partial charge in [0.05, 0.1) is 0 Å². The largest absolute Gasteiger partial charge is 0.300 e. The normalized spacial score (nSPS) is 61.5. The molecule has 0 unspecified atom stereocenters. The van der Waals surface area contributed by atoms with E-state index in [0.29, 0.717) is 0 Å². The van der Waals surface area contributed by atoms with E-state index in [0.717, 1.165) is 0 Å². The van der Waals surface area contributed by atoms with E-state index in [1.807, 2.05) is 0 Å². The van der Waals surface area contributed by atoms with Crippen molar-refractivity contribution in [2.75, 3.05) is 0 Å². The number of carbonyl (C=O) groups is 1. The molecule has 1 fully saturated rings. The Labute approximate surface area is 60.6 Å². The predicted molar refractivity (Wildman–Crippen MR) is 32.6 cm³/mol. The van der Waals surface area contributed by atoms with Crippen LogP contribution in [0.3, 0.4) is 0 Å². The molecule has 1 aliphatic rings. The fourth-order valence-corrected chi connectivity index (χ4v) is 0.327. The molecule has 0 atom stereocenters. The standard InChI is InChI=1S/C7H10O/c1-6-2-4-7(8)5-3-6/h1-5H2/i2D2,3D2,4D2,5D2. The summed E-state index contributed by atoms with van der Waals surface area (Å²) in [6, 6.07) is 0. The molecular weight excluding hydrogens is 100 g/mol. The quantitative estimate of drug-likeness (QED) is 0.442. The summed E-state index contributed by atoms with van der Waals surface area (Å²) in [5.74, 6) is -1.73. The van der Waals surface area contributed by atoms with Crippen molar-refractivity contribution in [3.05, 3.63) is 12.2 Å². The molecular formula is C7H10O. The Kier molecular flexibility index (Phi) is 0.340. The Hall–Kier alpha value is -0.590. The average Bonchev–Trinajstić information content (AvgIpc) is 2.13. The number of rotatable bonds is 0. The van der Waals surface area contributed by atoms with E-state index in [4.69, 9.17) is 11.0 Å². The van der Waals surface area contributed by atoms with Crippen molar-refractivity contribution in [2.45, 2.75) is 25.5 Å². The fourth-order valence-electron chi connectivity index (χ4n) is 0.327. The van der Waals surface area contributed by atoms with Crippen molar-refractivity contribution in [1.82, 2.24) is 0 Å². The van der Waals surface area contributed by atoms with Gasteiger partial charge >= 0.3 is 0 Å². The van der Waals surface area contributed by atoms with Gasteiger partial charge in [0.1, 0.15) is 5.78 Å². The first-order valence-corrected chi connectivity index (χ1v) is 2.06. The summed E-state index contributed by atoms with van der Waals surface area (Å²) in [4.78, 5) is 11.5. The highest BCUT2D eigenvalue weighted by molar-refractivity contribution is 5.79. The second-order valence-corrected chi connectivity index (χ2v) is 1.31. The molecule has 0 heterocycles. The highest BCUT2D eigenvalue weighted by Gasteiger charge is 2.09. The van der Waals surface area contributed by atoms with Gasteiger partial charge in [-0.2, -0.15) is 0 Å². The number of Topliss-reactive ketones (excluding diaryl/α,β-unsaturated/α-hetero) is 1. The lowest BCUT2D eigenvalue weighted by Crippen LogP contribution is -2.04. The van der Waals surface area contributed by atoms with Crippen LogP contribution in [0.1, 0.15) is 36.5 Å². The van der Waals surface area contributed by atoms with Crippen LogP contribution < -0.4 is 0 Å². The predicted octanol–water partition coefficient (Wildman–Crippen LogP) is 1.69. The first kappa shape index (κ1) is 1.28. The number of ketones is 1. The molecule has 0 saturated heterocycles. The minimum absolute atomic E-state index is 0.894. The summed E-state index contributed by atoms with van der Waals surface area (Å²) in [6.07, 6.45) is -12.1. The van der Waals surface area contributed by atoms with Gasteiger partial charge < -0.3 is 0 Å². The van der Waals surface area contributed by atoms with Crippen LogP contribution in [0, 0.1) is 0 Å². The molecule has 0 aromatic heterocycles. The maximum absolute atomic E-state index is 11.5. The Bertz CT molecular complexity index is 301. The van der Waals surface area contributed by atoms with E-state index in [1.54, 1.807) is 0 Å². The first-order chi connectivity index (χ1) is 6.81. The van der Waals surface area contributed by atoms with E-state index in [-0.39, 0.29) is 0 Å². The molecule has 0 bridgehead atoms. The lowest BCUT2D eigenvalue weighted by Gasteiger charge is -2.09. The minimum Gasteiger partial charge on any atom is -0.300 e. The van der Waals surface area contributed by atoms with E-state index >= 15 is 0 Å². The van der Waals surface area contributed by atoms with Crippen LogP contribution in [0.2, 0.25) is 0 Å². The zero-order chi connectivity index (χ0) is 13.2. The van der Waals surface area contributed by atoms with Crippen LogP contribution >= 0.6 is 0 Å². The van der Waals surface area contributed by atoms with Crippen molar-refractivity contribution in [2.24, 2.45) is 0 Å². The number of hydrogen-bond donors (Lipinski definition) is 0. The fraction of sp³-hybridized carbons (Fsp3) is 0.571. The Morgan fingerprint density at radius 2 is 1.88 bits per heavy atom. The molecule has 0 aromatic carbocycles. The lowest BCUT2D eigenvalue weighted by atomic mass is 9.95. The monoisotopic (exact) mass is 118 g/mol. The zero-order valence-electron chi connectivity index (χ0n) is 12.1. The molecule has 0 N–H and O–H groups in total. The second-order valence-electron chi connectivity index (χ2n) is 1.31. The highest BCUT2D eigenvalue weighted by atomic mass is 16.1. The van der Waals surface area contributed by atoms with Gasteiger partial charge in [-0.05, 0) is 12.7 Å². The Balaban J connectivity index is 3.52. The summed E-state index contributed by atoms with van der Waals surface area (Å²) >= 11 is 0. The molecule has 1 nitrogen and oxygen atoms in total. The van der Waals surface area contributed by atoms with Crippen LogP contribution in [-0.2, 0) is 4.79 Å². The van der Waals surface area contributed by atoms with E-state index in [9.17, 15) is 4.79 Å². The topological polar surface area (TPSA) is 17.1 Å². The molecule has 0 spiro atoms. The molecule has 0 aromatic rings. The highest BCUT2D eigenvalue weighted by Crippen LogP contribution is 2.17. The minimum atomic E-state index is -3.13. The van der Waals surface area contributed by atoms with Crippen LogP contribution in [0.5, 0.6) is 0 Å². The molecule has 44 valence electrons. The zero-order valence-corrected chi connectivity index (χ0v) is 4.12. The molecule has 1 aliphatic carbocycles. The van der Waals surface area contributed by atoms with Gasteiger partial charge in [0.2, 0.25) is 0 Å². The van der Waals surface area contributed by atoms with Crippen LogP contribution in [0.25, 0.3) is 0 Å². The summed E-state index contributed by atoms with van der Waals surface area (Å²) in [5, 5.41) is 0. The molecule has 1 heteroatoms. The van der Waals surface area contributed by atoms with E-state index in [2.05, 4.69) is 6.58 Å². The second kappa shape index (κ2) is 2.12. The number of allylic oxidation sites excluding steroid dienone is 1. The molecule has 0 aliphatic heterocycles. The number of carbonyl (C=O) groups excluding carboxylic acids is 1. The van der Waals surface area contributed by atoms with Gasteiger partial charge in [-0.1, -0.05) is 12.2 Å². The smallest absolute Gasteiger partial charge is 0.133 e. The van der Waals surface area contributed by atoms with Gasteiger partial charge in [0, 0.05) is 23.7 Å². The van der Waals surface area contributed by atoms with Crippen molar-refractivity contribution < 1.29 is 15.8 Å². The van der Waals surface area contributed by atoms with E-state index in [1.165, 1.54) is 0 Å². The third-order valence-electron chi connectivity index (χ3n) is 0.654. The lowest BCUT2D eigenvalue weighted by molar-refractivity contribution is -0.119. The third kappa shape index (κ3) is 1.19. The maximum Gasteiger partial charge on any atom is 0.133 e.